The fourth-order valence-electron chi connectivity index (χ4n) is 3.15. The number of ether oxygens (including phenoxy) is 1. The van der Waals surface area contributed by atoms with Crippen LogP contribution in [0.5, 0.6) is 5.75 Å². The largest absolute Gasteiger partial charge is 0.484 e. The normalized spacial score (nSPS) is 10.8. The zero-order valence-electron chi connectivity index (χ0n) is 17.3. The molecule has 0 atom stereocenters. The summed E-state index contributed by atoms with van der Waals surface area (Å²) >= 11 is 1.17. The minimum Gasteiger partial charge on any atom is -0.484 e. The zero-order chi connectivity index (χ0) is 23.1. The molecule has 0 bridgehead atoms. The van der Waals surface area contributed by atoms with Crippen molar-refractivity contribution in [3.05, 3.63) is 53.1 Å². The Labute approximate surface area is 188 Å². The van der Waals surface area contributed by atoms with Crippen LogP contribution < -0.4 is 4.74 Å². The number of carboxylic acid groups (broad SMARTS) is 1. The van der Waals surface area contributed by atoms with E-state index in [4.69, 9.17) is 9.84 Å². The second kappa shape index (κ2) is 10.8. The van der Waals surface area contributed by atoms with Gasteiger partial charge in [-0.1, -0.05) is 25.1 Å². The monoisotopic (exact) mass is 457 g/mol. The number of aliphatic carboxylic acids is 1. The van der Waals surface area contributed by atoms with Gasteiger partial charge in [0, 0.05) is 17.5 Å². The van der Waals surface area contributed by atoms with Crippen molar-refractivity contribution in [2.75, 3.05) is 13.3 Å². The van der Waals surface area contributed by atoms with Crippen molar-refractivity contribution in [1.82, 2.24) is 9.36 Å². The number of alkyl halides is 2. The molecule has 1 aromatic heterocycles. The highest BCUT2D eigenvalue weighted by Gasteiger charge is 2.16. The van der Waals surface area contributed by atoms with E-state index in [1.54, 1.807) is 12.1 Å². The third kappa shape index (κ3) is 5.45. The average molecular weight is 458 g/mol. The lowest BCUT2D eigenvalue weighted by Gasteiger charge is -2.14. The summed E-state index contributed by atoms with van der Waals surface area (Å²) in [7, 11) is 0. The third-order valence-electron chi connectivity index (χ3n) is 4.83. The summed E-state index contributed by atoms with van der Waals surface area (Å²) < 4.78 is 35.2. The highest BCUT2D eigenvalue weighted by atomic mass is 32.1. The smallest absolute Gasteiger partial charge is 0.303 e. The maximum Gasteiger partial charge on any atom is 0.303 e. The summed E-state index contributed by atoms with van der Waals surface area (Å²) in [6.07, 6.45) is 0.0155. The predicted molar refractivity (Wildman–Crippen MR) is 117 cm³/mol. The molecule has 0 aliphatic heterocycles. The van der Waals surface area contributed by atoms with Crippen molar-refractivity contribution < 1.29 is 23.4 Å². The van der Waals surface area contributed by atoms with Crippen molar-refractivity contribution >= 4 is 17.5 Å². The molecule has 3 aromatic rings. The van der Waals surface area contributed by atoms with Gasteiger partial charge < -0.3 is 9.84 Å². The molecule has 9 heteroatoms. The molecule has 32 heavy (non-hydrogen) atoms. The topological polar surface area (TPSA) is 96.1 Å². The van der Waals surface area contributed by atoms with E-state index in [9.17, 15) is 18.8 Å². The molecule has 0 unspecified atom stereocenters. The minimum absolute atomic E-state index is 0.0694. The van der Waals surface area contributed by atoms with E-state index in [1.807, 2.05) is 31.2 Å². The highest BCUT2D eigenvalue weighted by Crippen LogP contribution is 2.31. The van der Waals surface area contributed by atoms with E-state index >= 15 is 0 Å². The van der Waals surface area contributed by atoms with Crippen LogP contribution in [0, 0.1) is 11.3 Å². The Bertz CT molecular complexity index is 1140. The van der Waals surface area contributed by atoms with Crippen LogP contribution in [0.3, 0.4) is 0 Å². The Kier molecular flexibility index (Phi) is 7.84. The molecular formula is C23H21F2N3O3S. The van der Waals surface area contributed by atoms with Gasteiger partial charge in [-0.05, 0) is 53.7 Å². The number of hydrogen-bond acceptors (Lipinski definition) is 6. The first kappa shape index (κ1) is 23.3. The number of aryl methyl sites for hydroxylation is 2. The average Bonchev–Trinajstić information content (AvgIpc) is 3.31. The van der Waals surface area contributed by atoms with E-state index in [2.05, 4.69) is 9.36 Å². The Balaban J connectivity index is 1.87. The van der Waals surface area contributed by atoms with E-state index in [-0.39, 0.29) is 17.7 Å². The maximum atomic E-state index is 12.8. The van der Waals surface area contributed by atoms with Crippen LogP contribution >= 0.6 is 11.5 Å². The van der Waals surface area contributed by atoms with Gasteiger partial charge in [-0.15, -0.1) is 0 Å². The molecule has 0 spiro atoms. The Morgan fingerprint density at radius 1 is 1.25 bits per heavy atom. The summed E-state index contributed by atoms with van der Waals surface area (Å²) in [5.74, 6) is -0.178. The lowest BCUT2D eigenvalue weighted by Crippen LogP contribution is -2.21. The van der Waals surface area contributed by atoms with Crippen LogP contribution in [0.2, 0.25) is 0 Å². The maximum absolute atomic E-state index is 12.8. The molecule has 3 rings (SSSR count). The molecular weight excluding hydrogens is 436 g/mol. The first-order valence-electron chi connectivity index (χ1n) is 9.99. The molecule has 0 aliphatic carbocycles. The Morgan fingerprint density at radius 2 is 2.03 bits per heavy atom. The van der Waals surface area contributed by atoms with E-state index in [0.717, 1.165) is 23.1 Å². The predicted octanol–water partition coefficient (Wildman–Crippen LogP) is 5.01. The van der Waals surface area contributed by atoms with Crippen LogP contribution in [0.4, 0.5) is 8.78 Å². The summed E-state index contributed by atoms with van der Waals surface area (Å²) in [5.41, 5.74) is 3.62. The Morgan fingerprint density at radius 3 is 2.69 bits per heavy atom. The van der Waals surface area contributed by atoms with Gasteiger partial charge in [0.2, 0.25) is 0 Å². The van der Waals surface area contributed by atoms with Crippen LogP contribution in [0.25, 0.3) is 22.0 Å². The third-order valence-corrected chi connectivity index (χ3v) is 5.59. The lowest BCUT2D eigenvalue weighted by molar-refractivity contribution is -0.136. The summed E-state index contributed by atoms with van der Waals surface area (Å²) in [4.78, 5) is 15.4. The van der Waals surface area contributed by atoms with Crippen molar-refractivity contribution in [2.45, 2.75) is 32.3 Å². The lowest BCUT2D eigenvalue weighted by atomic mass is 9.99. The number of nitrogens with zero attached hydrogens (tertiary/aromatic N) is 3. The molecule has 0 amide bonds. The first-order valence-corrected chi connectivity index (χ1v) is 10.8. The van der Waals surface area contributed by atoms with Crippen LogP contribution in [-0.2, 0) is 17.6 Å². The van der Waals surface area contributed by atoms with Gasteiger partial charge in [0.05, 0.1) is 5.56 Å². The Hall–Kier alpha value is -3.38. The van der Waals surface area contributed by atoms with Gasteiger partial charge in [-0.2, -0.15) is 9.64 Å². The van der Waals surface area contributed by atoms with Gasteiger partial charge in [0.15, 0.2) is 11.9 Å². The summed E-state index contributed by atoms with van der Waals surface area (Å²) in [5, 5.41) is 18.9. The summed E-state index contributed by atoms with van der Waals surface area (Å²) in [6, 6.07) is 12.5. The molecule has 1 heterocycles. The van der Waals surface area contributed by atoms with Crippen LogP contribution in [-0.4, -0.2) is 39.9 Å². The van der Waals surface area contributed by atoms with Gasteiger partial charge in [-0.3, -0.25) is 4.79 Å². The molecule has 166 valence electrons. The van der Waals surface area contributed by atoms with Gasteiger partial charge >= 0.3 is 5.97 Å². The number of carboxylic acids is 1. The van der Waals surface area contributed by atoms with Crippen LogP contribution in [0.1, 0.15) is 30.0 Å². The SMILES string of the molecule is CCc1cc(CCC(=O)O)ccc1-c1nsc(-c2ccc(OC(CF)CF)c(C#N)c2)n1. The van der Waals surface area contributed by atoms with E-state index in [1.165, 1.54) is 17.6 Å². The molecule has 2 aromatic carbocycles. The molecule has 0 aliphatic rings. The molecule has 0 saturated heterocycles. The second-order valence-electron chi connectivity index (χ2n) is 7.03. The molecule has 0 saturated carbocycles. The zero-order valence-corrected chi connectivity index (χ0v) is 18.2. The molecule has 0 radical (unpaired) electrons. The number of aromatic nitrogens is 2. The number of rotatable bonds is 10. The fourth-order valence-corrected chi connectivity index (χ4v) is 3.82. The van der Waals surface area contributed by atoms with Crippen molar-refractivity contribution in [3.63, 3.8) is 0 Å². The van der Waals surface area contributed by atoms with E-state index in [0.29, 0.717) is 22.8 Å². The van der Waals surface area contributed by atoms with Gasteiger partial charge in [-0.25, -0.2) is 13.8 Å². The van der Waals surface area contributed by atoms with Gasteiger partial charge in [0.1, 0.15) is 30.2 Å². The van der Waals surface area contributed by atoms with Crippen molar-refractivity contribution in [1.29, 1.82) is 5.26 Å². The standard InChI is InChI=1S/C23H21F2N3O3S/c1-2-15-9-14(4-8-21(29)30)3-6-19(15)22-27-23(32-28-22)16-5-7-20(17(10-16)13-26)31-18(11-24)12-25/h3,5-7,9-10,18H,2,4,8,11-12H2,1H3,(H,29,30). The van der Waals surface area contributed by atoms with Crippen LogP contribution in [0.15, 0.2) is 36.4 Å². The fraction of sp³-hybridized carbons (Fsp3) is 0.304. The molecule has 6 nitrogen and oxygen atoms in total. The number of benzene rings is 2. The first-order chi connectivity index (χ1) is 15.5. The number of hydrogen-bond donors (Lipinski definition) is 1. The number of carbonyl (C=O) groups is 1. The summed E-state index contributed by atoms with van der Waals surface area (Å²) in [6.45, 7) is 0.0304. The van der Waals surface area contributed by atoms with Gasteiger partial charge in [0.25, 0.3) is 0 Å². The van der Waals surface area contributed by atoms with E-state index < -0.39 is 25.4 Å². The van der Waals surface area contributed by atoms with Crippen molar-refractivity contribution in [3.8, 4) is 33.8 Å². The highest BCUT2D eigenvalue weighted by molar-refractivity contribution is 7.09. The van der Waals surface area contributed by atoms with Crippen molar-refractivity contribution in [2.24, 2.45) is 0 Å². The molecule has 0 fully saturated rings. The quantitative estimate of drug-likeness (QED) is 0.460. The minimum atomic E-state index is -1.24. The number of halogens is 2. The second-order valence-corrected chi connectivity index (χ2v) is 7.78. The molecule has 1 N–H and O–H groups in total. The number of nitriles is 1.